The highest BCUT2D eigenvalue weighted by molar-refractivity contribution is 5.96. The average molecular weight is 310 g/mol. The van der Waals surface area contributed by atoms with Crippen LogP contribution in [0, 0.1) is 6.92 Å². The number of H-pyrrole nitrogens is 1. The predicted molar refractivity (Wildman–Crippen MR) is 96.2 cm³/mol. The van der Waals surface area contributed by atoms with Gasteiger partial charge < -0.3 is 9.88 Å². The number of benzene rings is 1. The number of nitrogens with zero attached hydrogens (tertiary/aromatic N) is 1. The van der Waals surface area contributed by atoms with Crippen molar-refractivity contribution < 1.29 is 4.79 Å². The Bertz CT molecular complexity index is 782. The molecule has 0 saturated heterocycles. The van der Waals surface area contributed by atoms with Crippen molar-refractivity contribution in [3.05, 3.63) is 40.6 Å². The Morgan fingerprint density at radius 1 is 1.17 bits per heavy atom. The minimum absolute atomic E-state index is 0.280. The monoisotopic (exact) mass is 310 g/mol. The second kappa shape index (κ2) is 6.23. The number of carbonyl (C=O) groups is 1. The van der Waals surface area contributed by atoms with Crippen molar-refractivity contribution >= 4 is 22.5 Å². The Morgan fingerprint density at radius 3 is 2.70 bits per heavy atom. The zero-order chi connectivity index (χ0) is 16.6. The first-order chi connectivity index (χ1) is 11.2. The molecular formula is C20H26N2O. The lowest BCUT2D eigenvalue weighted by Crippen LogP contribution is -2.38. The van der Waals surface area contributed by atoms with Crippen molar-refractivity contribution in [3.63, 3.8) is 0 Å². The van der Waals surface area contributed by atoms with Gasteiger partial charge in [0.15, 0.2) is 0 Å². The molecule has 0 fully saturated rings. The number of hydrogen-bond acceptors (Lipinski definition) is 1. The van der Waals surface area contributed by atoms with Crippen molar-refractivity contribution in [3.8, 4) is 0 Å². The summed E-state index contributed by atoms with van der Waals surface area (Å²) in [4.78, 5) is 17.8. The molecule has 0 unspecified atom stereocenters. The van der Waals surface area contributed by atoms with E-state index in [1.807, 2.05) is 18.7 Å². The van der Waals surface area contributed by atoms with Crippen LogP contribution in [0.2, 0.25) is 0 Å². The molecule has 122 valence electrons. The van der Waals surface area contributed by atoms with Crippen molar-refractivity contribution in [2.75, 3.05) is 6.54 Å². The Labute approximate surface area is 138 Å². The lowest BCUT2D eigenvalue weighted by molar-refractivity contribution is -0.128. The molecule has 2 aliphatic heterocycles. The molecule has 23 heavy (non-hydrogen) atoms. The fourth-order valence-electron chi connectivity index (χ4n) is 3.77. The van der Waals surface area contributed by atoms with E-state index >= 15 is 0 Å². The Hall–Kier alpha value is -2.03. The predicted octanol–water partition coefficient (Wildman–Crippen LogP) is 4.80. The fourth-order valence-corrected chi connectivity index (χ4v) is 3.77. The van der Waals surface area contributed by atoms with Crippen LogP contribution in [0.5, 0.6) is 0 Å². The molecule has 0 atom stereocenters. The second-order valence-corrected chi connectivity index (χ2v) is 6.13. The third kappa shape index (κ3) is 2.48. The van der Waals surface area contributed by atoms with Crippen LogP contribution in [-0.4, -0.2) is 22.3 Å². The second-order valence-electron chi connectivity index (χ2n) is 6.13. The van der Waals surface area contributed by atoms with E-state index in [0.717, 1.165) is 25.8 Å². The number of hydrogen-bond donors (Lipinski definition) is 1. The van der Waals surface area contributed by atoms with Crippen LogP contribution in [0.3, 0.4) is 0 Å². The van der Waals surface area contributed by atoms with Crippen LogP contribution < -0.4 is 0 Å². The van der Waals surface area contributed by atoms with Gasteiger partial charge in [0, 0.05) is 23.9 Å². The lowest BCUT2D eigenvalue weighted by atomic mass is 9.91. The molecule has 4 rings (SSSR count). The van der Waals surface area contributed by atoms with Gasteiger partial charge in [-0.05, 0) is 49.5 Å². The maximum atomic E-state index is 12.2. The summed E-state index contributed by atoms with van der Waals surface area (Å²) in [7, 11) is 0. The van der Waals surface area contributed by atoms with Gasteiger partial charge in [-0.1, -0.05) is 32.4 Å². The summed E-state index contributed by atoms with van der Waals surface area (Å²) in [6.07, 6.45) is 3.55. The van der Waals surface area contributed by atoms with E-state index in [1.165, 1.54) is 39.0 Å². The highest BCUT2D eigenvalue weighted by Gasteiger charge is 2.33. The summed E-state index contributed by atoms with van der Waals surface area (Å²) in [5.74, 6) is 0.280. The summed E-state index contributed by atoms with van der Waals surface area (Å²) >= 11 is 0. The number of fused-ring (bicyclic) bond motifs is 5. The molecule has 0 saturated carbocycles. The minimum atomic E-state index is 0.280. The zero-order valence-electron chi connectivity index (χ0n) is 14.6. The molecule has 0 aliphatic carbocycles. The van der Waals surface area contributed by atoms with Gasteiger partial charge in [-0.2, -0.15) is 0 Å². The van der Waals surface area contributed by atoms with E-state index in [9.17, 15) is 4.79 Å². The van der Waals surface area contributed by atoms with Gasteiger partial charge in [0.1, 0.15) is 0 Å². The van der Waals surface area contributed by atoms with Crippen LogP contribution in [0.15, 0.2) is 23.8 Å². The van der Waals surface area contributed by atoms with E-state index in [1.54, 1.807) is 0 Å². The quantitative estimate of drug-likeness (QED) is 0.806. The molecule has 2 aromatic rings. The number of carbonyl (C=O) groups excluding carboxylic acids is 1. The number of aromatic nitrogens is 1. The van der Waals surface area contributed by atoms with Crippen molar-refractivity contribution in [1.82, 2.24) is 9.88 Å². The standard InChI is InChI=1S/C18H20N2O.C2H6/c1-3-12-5-7-16(21)20-9-8-13-14-10-11(2)4-6-15(14)19-17(13)18(12)20;1-2/h4,6,10,19H,3,5,7-9H2,1-2H3;1-2H3. The van der Waals surface area contributed by atoms with E-state index in [2.05, 4.69) is 37.0 Å². The number of nitrogens with one attached hydrogen (secondary N) is 1. The summed E-state index contributed by atoms with van der Waals surface area (Å²) in [5.41, 5.74) is 7.64. The number of aromatic amines is 1. The number of aryl methyl sites for hydroxylation is 1. The molecule has 2 aliphatic rings. The van der Waals surface area contributed by atoms with E-state index in [-0.39, 0.29) is 5.91 Å². The summed E-state index contributed by atoms with van der Waals surface area (Å²) in [5, 5.41) is 1.32. The van der Waals surface area contributed by atoms with Gasteiger partial charge in [0.2, 0.25) is 5.91 Å². The molecule has 3 heterocycles. The van der Waals surface area contributed by atoms with Gasteiger partial charge >= 0.3 is 0 Å². The maximum absolute atomic E-state index is 12.2. The van der Waals surface area contributed by atoms with Gasteiger partial charge in [0.25, 0.3) is 0 Å². The van der Waals surface area contributed by atoms with Gasteiger partial charge in [-0.15, -0.1) is 0 Å². The SMILES string of the molecule is CC.CCC1=C2c3[nH]c4ccc(C)cc4c3CCN2C(=O)CC1. The molecule has 0 bridgehead atoms. The molecule has 1 N–H and O–H groups in total. The average Bonchev–Trinajstić information content (AvgIpc) is 2.95. The van der Waals surface area contributed by atoms with Crippen molar-refractivity contribution in [2.45, 2.75) is 53.4 Å². The molecule has 1 amide bonds. The molecule has 0 spiro atoms. The summed E-state index contributed by atoms with van der Waals surface area (Å²) in [6.45, 7) is 9.15. The highest BCUT2D eigenvalue weighted by Crippen LogP contribution is 2.40. The smallest absolute Gasteiger partial charge is 0.227 e. The van der Waals surface area contributed by atoms with E-state index in [0.29, 0.717) is 6.42 Å². The molecule has 0 radical (unpaired) electrons. The number of rotatable bonds is 1. The Balaban J connectivity index is 0.000000753. The van der Waals surface area contributed by atoms with E-state index in [4.69, 9.17) is 0 Å². The lowest BCUT2D eigenvalue weighted by Gasteiger charge is -2.35. The fraction of sp³-hybridized carbons (Fsp3) is 0.450. The largest absolute Gasteiger partial charge is 0.353 e. The normalized spacial score (nSPS) is 16.9. The molecule has 3 nitrogen and oxygen atoms in total. The molecular weight excluding hydrogens is 284 g/mol. The van der Waals surface area contributed by atoms with Crippen LogP contribution in [0.25, 0.3) is 16.6 Å². The van der Waals surface area contributed by atoms with Crippen LogP contribution >= 0.6 is 0 Å². The topological polar surface area (TPSA) is 36.1 Å². The first-order valence-corrected chi connectivity index (χ1v) is 8.83. The van der Waals surface area contributed by atoms with Gasteiger partial charge in [0.05, 0.1) is 11.4 Å². The van der Waals surface area contributed by atoms with Gasteiger partial charge in [-0.3, -0.25) is 4.79 Å². The zero-order valence-corrected chi connectivity index (χ0v) is 14.6. The summed E-state index contributed by atoms with van der Waals surface area (Å²) in [6, 6.07) is 6.56. The first-order valence-electron chi connectivity index (χ1n) is 8.83. The molecule has 1 aromatic carbocycles. The number of allylic oxidation sites excluding steroid dienone is 1. The highest BCUT2D eigenvalue weighted by atomic mass is 16.2. The summed E-state index contributed by atoms with van der Waals surface area (Å²) < 4.78 is 0. The van der Waals surface area contributed by atoms with Crippen molar-refractivity contribution in [2.24, 2.45) is 0 Å². The van der Waals surface area contributed by atoms with Crippen molar-refractivity contribution in [1.29, 1.82) is 0 Å². The van der Waals surface area contributed by atoms with Crippen LogP contribution in [0.4, 0.5) is 0 Å². The molecule has 3 heteroatoms. The number of amides is 1. The van der Waals surface area contributed by atoms with Crippen LogP contribution in [0.1, 0.15) is 56.9 Å². The molecule has 1 aromatic heterocycles. The minimum Gasteiger partial charge on any atom is -0.353 e. The third-order valence-electron chi connectivity index (χ3n) is 4.86. The van der Waals surface area contributed by atoms with E-state index < -0.39 is 0 Å². The Morgan fingerprint density at radius 2 is 1.96 bits per heavy atom. The third-order valence-corrected chi connectivity index (χ3v) is 4.86. The maximum Gasteiger partial charge on any atom is 0.227 e. The van der Waals surface area contributed by atoms with Crippen LogP contribution in [-0.2, 0) is 11.2 Å². The van der Waals surface area contributed by atoms with Gasteiger partial charge in [-0.25, -0.2) is 0 Å². The first kappa shape index (κ1) is 15.9. The Kier molecular flexibility index (Phi) is 4.29.